The average molecular weight is 352 g/mol. The second kappa shape index (κ2) is 6.10. The van der Waals surface area contributed by atoms with Crippen molar-refractivity contribution in [2.24, 2.45) is 0 Å². The molecular formula is C10H12Br2N2O2. The van der Waals surface area contributed by atoms with Crippen molar-refractivity contribution >= 4 is 43.6 Å². The molecule has 1 aromatic rings. The highest BCUT2D eigenvalue weighted by molar-refractivity contribution is 9.11. The van der Waals surface area contributed by atoms with Gasteiger partial charge in [0.2, 0.25) is 0 Å². The molecule has 2 amide bonds. The Labute approximate surface area is 111 Å². The van der Waals surface area contributed by atoms with E-state index in [0.29, 0.717) is 18.0 Å². The zero-order valence-electron chi connectivity index (χ0n) is 8.93. The fourth-order valence-corrected chi connectivity index (χ4v) is 2.36. The summed E-state index contributed by atoms with van der Waals surface area (Å²) in [5.41, 5.74) is 0.658. The van der Waals surface area contributed by atoms with Crippen LogP contribution in [-0.4, -0.2) is 19.7 Å². The maximum atomic E-state index is 11.4. The van der Waals surface area contributed by atoms with Crippen LogP contribution in [0.1, 0.15) is 6.92 Å². The SMILES string of the molecule is CCNC(=O)Nc1cc(OC)c(Br)cc1Br. The lowest BCUT2D eigenvalue weighted by molar-refractivity contribution is 0.252. The van der Waals surface area contributed by atoms with Gasteiger partial charge in [-0.25, -0.2) is 4.79 Å². The van der Waals surface area contributed by atoms with Gasteiger partial charge in [-0.15, -0.1) is 0 Å². The molecule has 2 N–H and O–H groups in total. The molecule has 16 heavy (non-hydrogen) atoms. The van der Waals surface area contributed by atoms with Gasteiger partial charge >= 0.3 is 6.03 Å². The molecule has 6 heteroatoms. The number of benzene rings is 1. The molecule has 0 saturated carbocycles. The lowest BCUT2D eigenvalue weighted by Crippen LogP contribution is -2.28. The number of amides is 2. The van der Waals surface area contributed by atoms with Gasteiger partial charge < -0.3 is 15.4 Å². The van der Waals surface area contributed by atoms with Gasteiger partial charge in [-0.2, -0.15) is 0 Å². The van der Waals surface area contributed by atoms with Gasteiger partial charge in [0.05, 0.1) is 17.3 Å². The third-order valence-electron chi connectivity index (χ3n) is 1.83. The molecule has 0 fully saturated rings. The van der Waals surface area contributed by atoms with E-state index < -0.39 is 0 Å². The summed E-state index contributed by atoms with van der Waals surface area (Å²) < 4.78 is 6.75. The number of ether oxygens (including phenoxy) is 1. The van der Waals surface area contributed by atoms with Crippen LogP contribution in [0, 0.1) is 0 Å². The van der Waals surface area contributed by atoms with E-state index in [0.717, 1.165) is 8.95 Å². The highest BCUT2D eigenvalue weighted by Crippen LogP contribution is 2.34. The molecule has 0 unspecified atom stereocenters. The van der Waals surface area contributed by atoms with Crippen LogP contribution in [-0.2, 0) is 0 Å². The minimum atomic E-state index is -0.243. The van der Waals surface area contributed by atoms with Crippen molar-refractivity contribution in [3.05, 3.63) is 21.1 Å². The van der Waals surface area contributed by atoms with Crippen LogP contribution in [0.3, 0.4) is 0 Å². The number of rotatable bonds is 3. The number of hydrogen-bond donors (Lipinski definition) is 2. The van der Waals surface area contributed by atoms with Crippen molar-refractivity contribution in [2.75, 3.05) is 19.0 Å². The van der Waals surface area contributed by atoms with Crippen LogP contribution in [0.4, 0.5) is 10.5 Å². The Bertz CT molecular complexity index is 397. The summed E-state index contributed by atoms with van der Waals surface area (Å²) in [4.78, 5) is 11.4. The predicted octanol–water partition coefficient (Wildman–Crippen LogP) is 3.36. The maximum Gasteiger partial charge on any atom is 0.319 e. The van der Waals surface area contributed by atoms with E-state index in [1.165, 1.54) is 0 Å². The van der Waals surface area contributed by atoms with Crippen LogP contribution < -0.4 is 15.4 Å². The number of nitrogens with one attached hydrogen (secondary N) is 2. The number of halogens is 2. The summed E-state index contributed by atoms with van der Waals surface area (Å²) in [5, 5.41) is 5.37. The normalized spacial score (nSPS) is 9.75. The lowest BCUT2D eigenvalue weighted by Gasteiger charge is -2.11. The van der Waals surface area contributed by atoms with Crippen molar-refractivity contribution in [3.63, 3.8) is 0 Å². The largest absolute Gasteiger partial charge is 0.495 e. The fourth-order valence-electron chi connectivity index (χ4n) is 1.11. The van der Waals surface area contributed by atoms with Crippen LogP contribution in [0.5, 0.6) is 5.75 Å². The molecule has 0 aliphatic carbocycles. The first-order valence-electron chi connectivity index (χ1n) is 4.66. The Morgan fingerprint density at radius 3 is 2.62 bits per heavy atom. The number of carbonyl (C=O) groups is 1. The van der Waals surface area contributed by atoms with E-state index in [2.05, 4.69) is 42.5 Å². The second-order valence-electron chi connectivity index (χ2n) is 2.95. The molecule has 0 atom stereocenters. The molecule has 0 heterocycles. The van der Waals surface area contributed by atoms with E-state index in [1.54, 1.807) is 13.2 Å². The van der Waals surface area contributed by atoms with Crippen LogP contribution in [0.2, 0.25) is 0 Å². The summed E-state index contributed by atoms with van der Waals surface area (Å²) in [7, 11) is 1.57. The van der Waals surface area contributed by atoms with Crippen molar-refractivity contribution in [1.82, 2.24) is 5.32 Å². The van der Waals surface area contributed by atoms with E-state index in [4.69, 9.17) is 4.74 Å². The van der Waals surface area contributed by atoms with Crippen molar-refractivity contribution in [1.29, 1.82) is 0 Å². The molecule has 0 saturated heterocycles. The first-order chi connectivity index (χ1) is 7.58. The first-order valence-corrected chi connectivity index (χ1v) is 6.25. The zero-order valence-corrected chi connectivity index (χ0v) is 12.1. The van der Waals surface area contributed by atoms with Gasteiger partial charge in [0, 0.05) is 17.1 Å². The minimum absolute atomic E-state index is 0.243. The van der Waals surface area contributed by atoms with Gasteiger partial charge in [0.25, 0.3) is 0 Å². The van der Waals surface area contributed by atoms with Crippen LogP contribution in [0.25, 0.3) is 0 Å². The van der Waals surface area contributed by atoms with Crippen molar-refractivity contribution in [2.45, 2.75) is 6.92 Å². The smallest absolute Gasteiger partial charge is 0.319 e. The second-order valence-corrected chi connectivity index (χ2v) is 4.66. The zero-order chi connectivity index (χ0) is 12.1. The Balaban J connectivity index is 2.91. The molecule has 0 bridgehead atoms. The minimum Gasteiger partial charge on any atom is -0.495 e. The molecule has 0 aromatic heterocycles. The molecule has 0 radical (unpaired) electrons. The monoisotopic (exact) mass is 350 g/mol. The van der Waals surface area contributed by atoms with Gasteiger partial charge in [-0.05, 0) is 44.8 Å². The van der Waals surface area contributed by atoms with Crippen molar-refractivity contribution < 1.29 is 9.53 Å². The average Bonchev–Trinajstić information content (AvgIpc) is 2.22. The number of urea groups is 1. The topological polar surface area (TPSA) is 50.4 Å². The third kappa shape index (κ3) is 3.38. The Morgan fingerprint density at radius 2 is 2.06 bits per heavy atom. The molecule has 1 rings (SSSR count). The Kier molecular flexibility index (Phi) is 5.08. The molecule has 4 nitrogen and oxygen atoms in total. The van der Waals surface area contributed by atoms with Gasteiger partial charge in [0.15, 0.2) is 0 Å². The van der Waals surface area contributed by atoms with E-state index >= 15 is 0 Å². The maximum absolute atomic E-state index is 11.4. The van der Waals surface area contributed by atoms with Gasteiger partial charge in [-0.3, -0.25) is 0 Å². The lowest BCUT2D eigenvalue weighted by atomic mass is 10.3. The molecular weight excluding hydrogens is 340 g/mol. The molecule has 88 valence electrons. The molecule has 0 aliphatic rings. The molecule has 1 aromatic carbocycles. The predicted molar refractivity (Wildman–Crippen MR) is 71.1 cm³/mol. The Morgan fingerprint density at radius 1 is 1.38 bits per heavy atom. The quantitative estimate of drug-likeness (QED) is 0.877. The number of carbonyl (C=O) groups excluding carboxylic acids is 1. The Hall–Kier alpha value is -0.750. The highest BCUT2D eigenvalue weighted by atomic mass is 79.9. The highest BCUT2D eigenvalue weighted by Gasteiger charge is 2.09. The van der Waals surface area contributed by atoms with Crippen LogP contribution in [0.15, 0.2) is 21.1 Å². The molecule has 0 aliphatic heterocycles. The standard InChI is InChI=1S/C10H12Br2N2O2/c1-3-13-10(15)14-8-5-9(16-2)7(12)4-6(8)11/h4-5H,3H2,1-2H3,(H2,13,14,15). The first kappa shape index (κ1) is 13.3. The number of methoxy groups -OCH3 is 1. The van der Waals surface area contributed by atoms with Gasteiger partial charge in [0.1, 0.15) is 5.75 Å². The van der Waals surface area contributed by atoms with E-state index in [1.807, 2.05) is 13.0 Å². The summed E-state index contributed by atoms with van der Waals surface area (Å²) in [6.07, 6.45) is 0. The van der Waals surface area contributed by atoms with Gasteiger partial charge in [-0.1, -0.05) is 0 Å². The van der Waals surface area contributed by atoms with Crippen molar-refractivity contribution in [3.8, 4) is 5.75 Å². The van der Waals surface area contributed by atoms with Crippen LogP contribution >= 0.6 is 31.9 Å². The van der Waals surface area contributed by atoms with E-state index in [9.17, 15) is 4.79 Å². The summed E-state index contributed by atoms with van der Waals surface area (Å²) in [5.74, 6) is 0.662. The summed E-state index contributed by atoms with van der Waals surface area (Å²) >= 11 is 6.72. The number of anilines is 1. The van der Waals surface area contributed by atoms with E-state index in [-0.39, 0.29) is 6.03 Å². The third-order valence-corrected chi connectivity index (χ3v) is 3.10. The summed E-state index contributed by atoms with van der Waals surface area (Å²) in [6, 6.07) is 3.32. The fraction of sp³-hybridized carbons (Fsp3) is 0.300. The summed E-state index contributed by atoms with van der Waals surface area (Å²) in [6.45, 7) is 2.44. The molecule has 0 spiro atoms. The number of hydrogen-bond acceptors (Lipinski definition) is 2.